The zero-order chi connectivity index (χ0) is 15.0. The molecule has 3 aromatic rings. The number of hydrogen-bond donors (Lipinski definition) is 1. The zero-order valence-corrected chi connectivity index (χ0v) is 11.4. The predicted octanol–water partition coefficient (Wildman–Crippen LogP) is 2.20. The lowest BCUT2D eigenvalue weighted by atomic mass is 10.2. The molecule has 5 nitrogen and oxygen atoms in total. The lowest BCUT2D eigenvalue weighted by Gasteiger charge is -2.10. The molecule has 1 N–H and O–H groups in total. The summed E-state index contributed by atoms with van der Waals surface area (Å²) in [6, 6.07) is 13.3. The van der Waals surface area contributed by atoms with Gasteiger partial charge in [-0.05, 0) is 36.4 Å². The van der Waals surface area contributed by atoms with Gasteiger partial charge in [-0.3, -0.25) is 14.3 Å². The van der Waals surface area contributed by atoms with Crippen LogP contribution in [0.15, 0.2) is 52.1 Å². The third-order valence-corrected chi connectivity index (χ3v) is 3.34. The molecule has 0 aliphatic carbocycles. The minimum atomic E-state index is -0.579. The minimum Gasteiger partial charge on any atom is -0.273 e. The third kappa shape index (κ3) is 2.22. The van der Waals surface area contributed by atoms with Crippen molar-refractivity contribution in [3.05, 3.63) is 73.9 Å². The summed E-state index contributed by atoms with van der Waals surface area (Å²) in [6.07, 6.45) is 0. The molecule has 0 saturated carbocycles. The number of halogens is 1. The van der Waals surface area contributed by atoms with Gasteiger partial charge in [0.25, 0.3) is 5.56 Å². The molecule has 0 aliphatic rings. The number of hydrogen-bond acceptors (Lipinski definition) is 3. The van der Waals surface area contributed by atoms with Gasteiger partial charge < -0.3 is 0 Å². The van der Waals surface area contributed by atoms with Crippen LogP contribution in [0.4, 0.5) is 0 Å². The van der Waals surface area contributed by atoms with Gasteiger partial charge >= 0.3 is 5.69 Å². The van der Waals surface area contributed by atoms with Crippen molar-refractivity contribution in [1.29, 1.82) is 5.26 Å². The average molecular weight is 298 g/mol. The second-order valence-corrected chi connectivity index (χ2v) is 4.85. The van der Waals surface area contributed by atoms with E-state index in [9.17, 15) is 9.59 Å². The number of aromatic amines is 1. The van der Waals surface area contributed by atoms with Gasteiger partial charge in [0.05, 0.1) is 28.2 Å². The lowest BCUT2D eigenvalue weighted by Crippen LogP contribution is -2.29. The molecule has 0 spiro atoms. The van der Waals surface area contributed by atoms with E-state index in [1.165, 1.54) is 4.57 Å². The molecule has 0 unspecified atom stereocenters. The summed E-state index contributed by atoms with van der Waals surface area (Å²) in [4.78, 5) is 26.3. The summed E-state index contributed by atoms with van der Waals surface area (Å²) in [5.41, 5.74) is 0.249. The first-order chi connectivity index (χ1) is 10.1. The molecule has 0 amide bonds. The summed E-state index contributed by atoms with van der Waals surface area (Å²) in [7, 11) is 0. The molecule has 0 atom stereocenters. The number of nitriles is 1. The van der Waals surface area contributed by atoms with E-state index in [-0.39, 0.29) is 0 Å². The normalized spacial score (nSPS) is 10.5. The maximum absolute atomic E-state index is 12.1. The van der Waals surface area contributed by atoms with Gasteiger partial charge in [-0.15, -0.1) is 0 Å². The van der Waals surface area contributed by atoms with Crippen LogP contribution < -0.4 is 11.2 Å². The smallest absolute Gasteiger partial charge is 0.273 e. The number of fused-ring (bicyclic) bond motifs is 1. The molecular formula is C15H8ClN3O2. The van der Waals surface area contributed by atoms with Crippen molar-refractivity contribution < 1.29 is 0 Å². The highest BCUT2D eigenvalue weighted by Gasteiger charge is 2.10. The fraction of sp³-hybridized carbons (Fsp3) is 0. The van der Waals surface area contributed by atoms with Gasteiger partial charge in [-0.25, -0.2) is 4.79 Å². The molecule has 102 valence electrons. The first-order valence-electron chi connectivity index (χ1n) is 6.05. The number of aromatic nitrogens is 2. The van der Waals surface area contributed by atoms with E-state index in [0.717, 1.165) is 0 Å². The van der Waals surface area contributed by atoms with Gasteiger partial charge in [-0.2, -0.15) is 5.26 Å². The molecule has 0 radical (unpaired) electrons. The molecule has 2 aromatic carbocycles. The van der Waals surface area contributed by atoms with Crippen molar-refractivity contribution in [2.24, 2.45) is 0 Å². The molecular weight excluding hydrogens is 290 g/mol. The van der Waals surface area contributed by atoms with Crippen molar-refractivity contribution >= 4 is 22.5 Å². The highest BCUT2D eigenvalue weighted by Crippen LogP contribution is 2.18. The quantitative estimate of drug-likeness (QED) is 0.748. The van der Waals surface area contributed by atoms with Crippen LogP contribution in [0.2, 0.25) is 5.02 Å². The Bertz CT molecular complexity index is 1010. The maximum atomic E-state index is 12.1. The van der Waals surface area contributed by atoms with Crippen LogP contribution in [0.5, 0.6) is 0 Å². The fourth-order valence-electron chi connectivity index (χ4n) is 2.18. The van der Waals surface area contributed by atoms with Gasteiger partial charge in [0.2, 0.25) is 0 Å². The Hall–Kier alpha value is -2.84. The zero-order valence-electron chi connectivity index (χ0n) is 10.6. The topological polar surface area (TPSA) is 78.7 Å². The fourth-order valence-corrected chi connectivity index (χ4v) is 2.35. The number of nitrogens with zero attached hydrogens (tertiary/aromatic N) is 2. The summed E-state index contributed by atoms with van der Waals surface area (Å²) >= 11 is 5.96. The Morgan fingerprint density at radius 2 is 1.95 bits per heavy atom. The molecule has 3 rings (SSSR count). The number of H-pyrrole nitrogens is 1. The predicted molar refractivity (Wildman–Crippen MR) is 79.9 cm³/mol. The van der Waals surface area contributed by atoms with Crippen LogP contribution in [-0.2, 0) is 0 Å². The molecule has 0 bridgehead atoms. The molecule has 0 fully saturated rings. The Labute approximate surface area is 123 Å². The second-order valence-electron chi connectivity index (χ2n) is 4.42. The lowest BCUT2D eigenvalue weighted by molar-refractivity contribution is 0.942. The maximum Gasteiger partial charge on any atom is 0.333 e. The van der Waals surface area contributed by atoms with Gasteiger partial charge in [0, 0.05) is 5.02 Å². The van der Waals surface area contributed by atoms with Crippen LogP contribution >= 0.6 is 11.6 Å². The number of rotatable bonds is 1. The molecule has 6 heteroatoms. The standard InChI is InChI=1S/C15H8ClN3O2/c16-10-4-5-12-13(7-10)19(15(21)18-14(12)20)11-3-1-2-9(6-11)8-17/h1-7H,(H,18,20,21). The Morgan fingerprint density at radius 3 is 2.71 bits per heavy atom. The van der Waals surface area contributed by atoms with Crippen LogP contribution in [0, 0.1) is 11.3 Å². The van der Waals surface area contributed by atoms with Crippen LogP contribution in [0.25, 0.3) is 16.6 Å². The Balaban J connectivity index is 2.47. The van der Waals surface area contributed by atoms with Crippen molar-refractivity contribution in [3.8, 4) is 11.8 Å². The molecule has 1 heterocycles. The van der Waals surface area contributed by atoms with E-state index in [2.05, 4.69) is 4.98 Å². The highest BCUT2D eigenvalue weighted by atomic mass is 35.5. The van der Waals surface area contributed by atoms with Crippen LogP contribution in [0.3, 0.4) is 0 Å². The van der Waals surface area contributed by atoms with E-state index in [0.29, 0.717) is 27.2 Å². The van der Waals surface area contributed by atoms with E-state index in [1.807, 2.05) is 6.07 Å². The highest BCUT2D eigenvalue weighted by molar-refractivity contribution is 6.31. The monoisotopic (exact) mass is 297 g/mol. The van der Waals surface area contributed by atoms with Crippen LogP contribution in [0.1, 0.15) is 5.56 Å². The van der Waals surface area contributed by atoms with Crippen molar-refractivity contribution in [2.45, 2.75) is 0 Å². The first kappa shape index (κ1) is 13.2. The van der Waals surface area contributed by atoms with E-state index < -0.39 is 11.2 Å². The molecule has 21 heavy (non-hydrogen) atoms. The summed E-state index contributed by atoms with van der Waals surface area (Å²) in [5, 5.41) is 9.73. The summed E-state index contributed by atoms with van der Waals surface area (Å²) in [6.45, 7) is 0. The van der Waals surface area contributed by atoms with Gasteiger partial charge in [-0.1, -0.05) is 17.7 Å². The van der Waals surface area contributed by atoms with Crippen molar-refractivity contribution in [3.63, 3.8) is 0 Å². The van der Waals surface area contributed by atoms with E-state index >= 15 is 0 Å². The Morgan fingerprint density at radius 1 is 1.14 bits per heavy atom. The third-order valence-electron chi connectivity index (χ3n) is 3.10. The van der Waals surface area contributed by atoms with Gasteiger partial charge in [0.1, 0.15) is 0 Å². The molecule has 0 saturated heterocycles. The first-order valence-corrected chi connectivity index (χ1v) is 6.43. The molecule has 0 aliphatic heterocycles. The molecule has 1 aromatic heterocycles. The number of benzene rings is 2. The van der Waals surface area contributed by atoms with Gasteiger partial charge in [0.15, 0.2) is 0 Å². The van der Waals surface area contributed by atoms with E-state index in [1.54, 1.807) is 42.5 Å². The number of nitrogens with one attached hydrogen (secondary N) is 1. The van der Waals surface area contributed by atoms with Crippen molar-refractivity contribution in [2.75, 3.05) is 0 Å². The van der Waals surface area contributed by atoms with Crippen LogP contribution in [-0.4, -0.2) is 9.55 Å². The summed E-state index contributed by atoms with van der Waals surface area (Å²) < 4.78 is 1.32. The second kappa shape index (κ2) is 4.93. The minimum absolute atomic E-state index is 0.348. The summed E-state index contributed by atoms with van der Waals surface area (Å²) in [5.74, 6) is 0. The SMILES string of the molecule is N#Cc1cccc(-n2c(=O)[nH]c(=O)c3ccc(Cl)cc32)c1. The van der Waals surface area contributed by atoms with Crippen molar-refractivity contribution in [1.82, 2.24) is 9.55 Å². The van der Waals surface area contributed by atoms with E-state index in [4.69, 9.17) is 16.9 Å². The largest absolute Gasteiger partial charge is 0.333 e. The average Bonchev–Trinajstić information content (AvgIpc) is 2.47. The Kier molecular flexibility index (Phi) is 3.09.